The first-order chi connectivity index (χ1) is 13.1. The maximum Gasteiger partial charge on any atom is 0.319 e. The van der Waals surface area contributed by atoms with E-state index in [1.807, 2.05) is 0 Å². The van der Waals surface area contributed by atoms with Crippen molar-refractivity contribution >= 4 is 11.7 Å². The minimum atomic E-state index is -0.347. The molecule has 0 atom stereocenters. The lowest BCUT2D eigenvalue weighted by Gasteiger charge is -2.19. The van der Waals surface area contributed by atoms with E-state index in [0.717, 1.165) is 5.56 Å². The number of fused-ring (bicyclic) bond motifs is 1. The quantitative estimate of drug-likeness (QED) is 0.809. The normalized spacial score (nSPS) is 12.1. The molecule has 8 nitrogen and oxygen atoms in total. The van der Waals surface area contributed by atoms with Crippen molar-refractivity contribution in [3.05, 3.63) is 35.9 Å². The van der Waals surface area contributed by atoms with Crippen molar-refractivity contribution in [1.82, 2.24) is 5.32 Å². The number of urea groups is 1. The van der Waals surface area contributed by atoms with Crippen LogP contribution in [0, 0.1) is 0 Å². The molecule has 2 aromatic rings. The Labute approximate surface area is 157 Å². The summed E-state index contributed by atoms with van der Waals surface area (Å²) in [7, 11) is 4.63. The second-order valence-corrected chi connectivity index (χ2v) is 5.70. The van der Waals surface area contributed by atoms with Gasteiger partial charge in [-0.05, 0) is 29.8 Å². The van der Waals surface area contributed by atoms with Gasteiger partial charge in [-0.15, -0.1) is 0 Å². The van der Waals surface area contributed by atoms with Crippen molar-refractivity contribution in [3.8, 4) is 28.7 Å². The maximum absolute atomic E-state index is 12.2. The van der Waals surface area contributed by atoms with E-state index in [-0.39, 0.29) is 12.6 Å². The number of amides is 2. The predicted octanol–water partition coefficient (Wildman–Crippen LogP) is 2.81. The zero-order valence-electron chi connectivity index (χ0n) is 15.5. The Hall–Kier alpha value is -3.29. The Bertz CT molecular complexity index is 799. The van der Waals surface area contributed by atoms with Crippen molar-refractivity contribution in [2.75, 3.05) is 39.9 Å². The Morgan fingerprint density at radius 1 is 0.963 bits per heavy atom. The van der Waals surface area contributed by atoms with Crippen LogP contribution in [0.3, 0.4) is 0 Å². The molecule has 1 heterocycles. The number of hydrogen-bond acceptors (Lipinski definition) is 6. The van der Waals surface area contributed by atoms with Gasteiger partial charge in [0, 0.05) is 18.3 Å². The van der Waals surface area contributed by atoms with Crippen LogP contribution in [0.4, 0.5) is 10.5 Å². The maximum atomic E-state index is 12.2. The van der Waals surface area contributed by atoms with E-state index in [1.165, 1.54) is 0 Å². The van der Waals surface area contributed by atoms with Crippen LogP contribution >= 0.6 is 0 Å². The van der Waals surface area contributed by atoms with Crippen LogP contribution in [0.1, 0.15) is 5.56 Å². The lowest BCUT2D eigenvalue weighted by molar-refractivity contribution is 0.171. The molecule has 144 valence electrons. The number of carbonyl (C=O) groups is 1. The zero-order valence-corrected chi connectivity index (χ0v) is 15.5. The van der Waals surface area contributed by atoms with E-state index in [1.54, 1.807) is 51.7 Å². The molecule has 27 heavy (non-hydrogen) atoms. The molecule has 0 aliphatic carbocycles. The molecule has 2 N–H and O–H groups in total. The van der Waals surface area contributed by atoms with Crippen molar-refractivity contribution in [2.45, 2.75) is 6.54 Å². The van der Waals surface area contributed by atoms with Gasteiger partial charge in [-0.1, -0.05) is 0 Å². The molecular formula is C19H22N2O6. The summed E-state index contributed by atoms with van der Waals surface area (Å²) < 4.78 is 26.9. The molecule has 2 aromatic carbocycles. The van der Waals surface area contributed by atoms with Gasteiger partial charge in [-0.25, -0.2) is 4.79 Å². The van der Waals surface area contributed by atoms with Gasteiger partial charge in [0.2, 0.25) is 5.75 Å². The predicted molar refractivity (Wildman–Crippen MR) is 99.4 cm³/mol. The van der Waals surface area contributed by atoms with Crippen LogP contribution in [-0.4, -0.2) is 40.6 Å². The molecule has 0 radical (unpaired) electrons. The fourth-order valence-electron chi connectivity index (χ4n) is 2.72. The molecule has 0 fully saturated rings. The Morgan fingerprint density at radius 2 is 1.63 bits per heavy atom. The highest BCUT2D eigenvalue weighted by molar-refractivity contribution is 5.89. The van der Waals surface area contributed by atoms with Gasteiger partial charge < -0.3 is 34.3 Å². The molecule has 0 saturated carbocycles. The third-order valence-corrected chi connectivity index (χ3v) is 3.98. The third kappa shape index (κ3) is 4.28. The minimum Gasteiger partial charge on any atom is -0.493 e. The smallest absolute Gasteiger partial charge is 0.319 e. The van der Waals surface area contributed by atoms with Gasteiger partial charge in [-0.2, -0.15) is 0 Å². The van der Waals surface area contributed by atoms with Crippen LogP contribution in [0.15, 0.2) is 30.3 Å². The van der Waals surface area contributed by atoms with Gasteiger partial charge in [0.15, 0.2) is 23.0 Å². The van der Waals surface area contributed by atoms with Gasteiger partial charge in [0.05, 0.1) is 21.3 Å². The van der Waals surface area contributed by atoms with Crippen LogP contribution in [0.2, 0.25) is 0 Å². The Kier molecular flexibility index (Phi) is 5.75. The summed E-state index contributed by atoms with van der Waals surface area (Å²) in [5.41, 5.74) is 1.42. The van der Waals surface area contributed by atoms with E-state index in [9.17, 15) is 4.79 Å². The van der Waals surface area contributed by atoms with Gasteiger partial charge in [0.1, 0.15) is 13.2 Å². The highest BCUT2D eigenvalue weighted by atomic mass is 16.6. The van der Waals surface area contributed by atoms with E-state index >= 15 is 0 Å². The topological polar surface area (TPSA) is 87.3 Å². The molecule has 0 aromatic heterocycles. The van der Waals surface area contributed by atoms with Crippen molar-refractivity contribution in [3.63, 3.8) is 0 Å². The van der Waals surface area contributed by atoms with Gasteiger partial charge in [0.25, 0.3) is 0 Å². The van der Waals surface area contributed by atoms with Gasteiger partial charge >= 0.3 is 6.03 Å². The average Bonchev–Trinajstić information content (AvgIpc) is 2.71. The molecular weight excluding hydrogens is 352 g/mol. The van der Waals surface area contributed by atoms with E-state index in [2.05, 4.69) is 10.6 Å². The summed E-state index contributed by atoms with van der Waals surface area (Å²) in [6.07, 6.45) is 0. The van der Waals surface area contributed by atoms with Crippen molar-refractivity contribution in [1.29, 1.82) is 0 Å². The molecule has 3 rings (SSSR count). The second-order valence-electron chi connectivity index (χ2n) is 5.70. The second kappa shape index (κ2) is 8.39. The summed E-state index contributed by atoms with van der Waals surface area (Å²) in [6.45, 7) is 1.30. The number of hydrogen-bond donors (Lipinski definition) is 2. The number of methoxy groups -OCH3 is 3. The first-order valence-corrected chi connectivity index (χ1v) is 8.38. The highest BCUT2D eigenvalue weighted by Gasteiger charge is 2.15. The molecule has 2 amide bonds. The van der Waals surface area contributed by atoms with Crippen LogP contribution in [-0.2, 0) is 6.54 Å². The third-order valence-electron chi connectivity index (χ3n) is 3.98. The number of carbonyl (C=O) groups excluding carboxylic acids is 1. The average molecular weight is 374 g/mol. The molecule has 0 unspecified atom stereocenters. The summed E-state index contributed by atoms with van der Waals surface area (Å²) in [4.78, 5) is 12.2. The Morgan fingerprint density at radius 3 is 2.26 bits per heavy atom. The summed E-state index contributed by atoms with van der Waals surface area (Å²) >= 11 is 0. The van der Waals surface area contributed by atoms with Gasteiger partial charge in [-0.3, -0.25) is 0 Å². The lowest BCUT2D eigenvalue weighted by Crippen LogP contribution is -2.28. The molecule has 0 bridgehead atoms. The van der Waals surface area contributed by atoms with E-state index in [4.69, 9.17) is 23.7 Å². The summed E-state index contributed by atoms with van der Waals surface area (Å²) in [6, 6.07) is 8.47. The fraction of sp³-hybridized carbons (Fsp3) is 0.316. The van der Waals surface area contributed by atoms with Crippen LogP contribution in [0.5, 0.6) is 28.7 Å². The first kappa shape index (κ1) is 18.5. The van der Waals surface area contributed by atoms with Crippen LogP contribution in [0.25, 0.3) is 0 Å². The number of anilines is 1. The molecule has 1 aliphatic rings. The fourth-order valence-corrected chi connectivity index (χ4v) is 2.72. The number of rotatable bonds is 6. The molecule has 0 spiro atoms. The number of ether oxygens (including phenoxy) is 5. The number of nitrogens with one attached hydrogen (secondary N) is 2. The number of benzene rings is 2. The van der Waals surface area contributed by atoms with E-state index in [0.29, 0.717) is 47.6 Å². The van der Waals surface area contributed by atoms with Crippen LogP contribution < -0.4 is 34.3 Å². The highest BCUT2D eigenvalue weighted by Crippen LogP contribution is 2.38. The standard InChI is InChI=1S/C19H22N2O6/c1-23-16-8-12(9-17(24-2)18(16)25-3)11-20-19(22)21-13-4-5-14-15(10-13)27-7-6-26-14/h4-5,8-10H,6-7,11H2,1-3H3,(H2,20,21,22). The largest absolute Gasteiger partial charge is 0.493 e. The summed E-state index contributed by atoms with van der Waals surface area (Å²) in [5.74, 6) is 2.85. The Balaban J connectivity index is 1.64. The lowest BCUT2D eigenvalue weighted by atomic mass is 10.2. The minimum absolute atomic E-state index is 0.285. The van der Waals surface area contributed by atoms with E-state index < -0.39 is 0 Å². The zero-order chi connectivity index (χ0) is 19.2. The monoisotopic (exact) mass is 374 g/mol. The first-order valence-electron chi connectivity index (χ1n) is 8.38. The molecule has 0 saturated heterocycles. The molecule has 8 heteroatoms. The van der Waals surface area contributed by atoms with Crippen molar-refractivity contribution < 1.29 is 28.5 Å². The molecule has 1 aliphatic heterocycles. The SMILES string of the molecule is COc1cc(CNC(=O)Nc2ccc3c(c2)OCCO3)cc(OC)c1OC. The summed E-state index contributed by atoms with van der Waals surface area (Å²) in [5, 5.41) is 5.56. The van der Waals surface area contributed by atoms with Crippen molar-refractivity contribution in [2.24, 2.45) is 0 Å².